The highest BCUT2D eigenvalue weighted by Crippen LogP contribution is 2.28. The number of hydrogen-bond acceptors (Lipinski definition) is 3. The Morgan fingerprint density at radius 2 is 2.19 bits per heavy atom. The predicted octanol–water partition coefficient (Wildman–Crippen LogP) is 2.03. The largest absolute Gasteiger partial charge is 0.496 e. The van der Waals surface area contributed by atoms with Gasteiger partial charge in [-0.05, 0) is 25.0 Å². The number of methoxy groups -OCH3 is 1. The van der Waals surface area contributed by atoms with Gasteiger partial charge < -0.3 is 15.6 Å². The van der Waals surface area contributed by atoms with E-state index in [1.54, 1.807) is 12.1 Å². The molecule has 0 saturated heterocycles. The van der Waals surface area contributed by atoms with Crippen LogP contribution in [-0.2, 0) is 0 Å². The molecule has 0 radical (unpaired) electrons. The van der Waals surface area contributed by atoms with Crippen molar-refractivity contribution in [3.8, 4) is 5.75 Å². The van der Waals surface area contributed by atoms with E-state index in [0.29, 0.717) is 24.2 Å². The van der Waals surface area contributed by atoms with Crippen molar-refractivity contribution < 1.29 is 14.2 Å². The molecule has 3 N–H and O–H groups in total. The summed E-state index contributed by atoms with van der Waals surface area (Å²) < 4.78 is 18.5. The molecule has 0 aliphatic rings. The Morgan fingerprint density at radius 1 is 1.50 bits per heavy atom. The third kappa shape index (κ3) is 3.63. The number of ether oxygens (including phenoxy) is 1. The molecule has 92 valence electrons. The maximum Gasteiger partial charge on any atom is 0.131 e. The molecule has 0 bridgehead atoms. The molecule has 0 saturated carbocycles. The van der Waals surface area contributed by atoms with Crippen LogP contribution >= 0.6 is 12.4 Å². The van der Waals surface area contributed by atoms with Gasteiger partial charge in [-0.15, -0.1) is 12.4 Å². The van der Waals surface area contributed by atoms with Gasteiger partial charge >= 0.3 is 0 Å². The third-order valence-corrected chi connectivity index (χ3v) is 2.28. The fraction of sp³-hybridized carbons (Fsp3) is 0.455. The molecule has 1 atom stereocenters. The Labute approximate surface area is 101 Å². The number of aliphatic hydroxyl groups excluding tert-OH is 1. The van der Waals surface area contributed by atoms with Crippen LogP contribution in [0.5, 0.6) is 5.75 Å². The van der Waals surface area contributed by atoms with Crippen molar-refractivity contribution >= 4 is 12.4 Å². The summed E-state index contributed by atoms with van der Waals surface area (Å²) in [6.45, 7) is 0.0600. The van der Waals surface area contributed by atoms with Crippen molar-refractivity contribution in [3.63, 3.8) is 0 Å². The first kappa shape index (κ1) is 15.2. The minimum Gasteiger partial charge on any atom is -0.496 e. The number of benzene rings is 1. The van der Waals surface area contributed by atoms with E-state index in [1.165, 1.54) is 13.2 Å². The summed E-state index contributed by atoms with van der Waals surface area (Å²) in [5.41, 5.74) is 6.21. The first-order valence-electron chi connectivity index (χ1n) is 4.89. The van der Waals surface area contributed by atoms with Crippen LogP contribution in [0.4, 0.5) is 4.39 Å². The lowest BCUT2D eigenvalue weighted by Crippen LogP contribution is -2.14. The Bertz CT molecular complexity index is 323. The van der Waals surface area contributed by atoms with Crippen LogP contribution in [0, 0.1) is 5.82 Å². The fourth-order valence-corrected chi connectivity index (χ4v) is 1.51. The highest BCUT2D eigenvalue weighted by atomic mass is 35.5. The van der Waals surface area contributed by atoms with Gasteiger partial charge in [0, 0.05) is 18.2 Å². The summed E-state index contributed by atoms with van der Waals surface area (Å²) in [5, 5.41) is 8.68. The number of nitrogens with two attached hydrogens (primary N) is 1. The molecule has 0 spiro atoms. The molecule has 3 nitrogen and oxygen atoms in total. The minimum absolute atomic E-state index is 0. The van der Waals surface area contributed by atoms with Gasteiger partial charge in [0.15, 0.2) is 0 Å². The van der Waals surface area contributed by atoms with E-state index in [1.807, 2.05) is 0 Å². The first-order valence-corrected chi connectivity index (χ1v) is 4.89. The van der Waals surface area contributed by atoms with Crippen molar-refractivity contribution in [2.75, 3.05) is 13.7 Å². The van der Waals surface area contributed by atoms with E-state index in [9.17, 15) is 4.39 Å². The highest BCUT2D eigenvalue weighted by Gasteiger charge is 2.16. The van der Waals surface area contributed by atoms with E-state index in [4.69, 9.17) is 15.6 Å². The zero-order valence-electron chi connectivity index (χ0n) is 9.15. The third-order valence-electron chi connectivity index (χ3n) is 2.28. The summed E-state index contributed by atoms with van der Waals surface area (Å²) >= 11 is 0. The maximum atomic E-state index is 13.5. The van der Waals surface area contributed by atoms with Gasteiger partial charge in [0.2, 0.25) is 0 Å². The van der Waals surface area contributed by atoms with Crippen LogP contribution in [0.1, 0.15) is 24.4 Å². The van der Waals surface area contributed by atoms with E-state index >= 15 is 0 Å². The number of rotatable bonds is 5. The first-order chi connectivity index (χ1) is 7.20. The Hall–Kier alpha value is -0.840. The van der Waals surface area contributed by atoms with Crippen molar-refractivity contribution in [2.45, 2.75) is 18.9 Å². The molecule has 1 aromatic rings. The molecule has 0 aromatic heterocycles. The Kier molecular flexibility index (Phi) is 7.05. The summed E-state index contributed by atoms with van der Waals surface area (Å²) in [6.07, 6.45) is 1.09. The minimum atomic E-state index is -0.437. The van der Waals surface area contributed by atoms with Crippen LogP contribution in [0.15, 0.2) is 18.2 Å². The van der Waals surface area contributed by atoms with Crippen molar-refractivity contribution in [3.05, 3.63) is 29.6 Å². The van der Waals surface area contributed by atoms with E-state index in [2.05, 4.69) is 0 Å². The van der Waals surface area contributed by atoms with Gasteiger partial charge in [-0.25, -0.2) is 4.39 Å². The molecule has 5 heteroatoms. The summed E-state index contributed by atoms with van der Waals surface area (Å²) in [5.74, 6) is 0.0974. The molecule has 0 unspecified atom stereocenters. The fourth-order valence-electron chi connectivity index (χ4n) is 1.51. The average Bonchev–Trinajstić information content (AvgIpc) is 2.25. The monoisotopic (exact) mass is 249 g/mol. The summed E-state index contributed by atoms with van der Waals surface area (Å²) in [6, 6.07) is 4.18. The standard InChI is InChI=1S/C11H16FNO2.ClH/c1-15-10-6-2-4-8(12)11(10)9(13)5-3-7-14;/h2,4,6,9,14H,3,5,7,13H2,1H3;1H/t9-;/m0./s1. The number of aliphatic hydroxyl groups is 1. The van der Waals surface area contributed by atoms with Crippen molar-refractivity contribution in [1.29, 1.82) is 0 Å². The second-order valence-electron chi connectivity index (χ2n) is 3.33. The summed E-state index contributed by atoms with van der Waals surface area (Å²) in [7, 11) is 1.48. The molecule has 0 aliphatic carbocycles. The zero-order chi connectivity index (χ0) is 11.3. The topological polar surface area (TPSA) is 55.5 Å². The number of hydrogen-bond donors (Lipinski definition) is 2. The lowest BCUT2D eigenvalue weighted by molar-refractivity contribution is 0.278. The molecular formula is C11H17ClFNO2. The second-order valence-corrected chi connectivity index (χ2v) is 3.33. The van der Waals surface area contributed by atoms with Gasteiger partial charge in [-0.1, -0.05) is 6.07 Å². The smallest absolute Gasteiger partial charge is 0.131 e. The quantitative estimate of drug-likeness (QED) is 0.840. The average molecular weight is 250 g/mol. The van der Waals surface area contributed by atoms with Gasteiger partial charge in [-0.3, -0.25) is 0 Å². The molecule has 1 aromatic carbocycles. The molecule has 0 aliphatic heterocycles. The molecule has 1 rings (SSSR count). The van der Waals surface area contributed by atoms with Gasteiger partial charge in [-0.2, -0.15) is 0 Å². The Balaban J connectivity index is 0.00000225. The lowest BCUT2D eigenvalue weighted by Gasteiger charge is -2.15. The van der Waals surface area contributed by atoms with Gasteiger partial charge in [0.05, 0.1) is 7.11 Å². The summed E-state index contributed by atoms with van der Waals surface area (Å²) in [4.78, 5) is 0. The lowest BCUT2D eigenvalue weighted by atomic mass is 10.0. The predicted molar refractivity (Wildman–Crippen MR) is 63.4 cm³/mol. The SMILES string of the molecule is COc1cccc(F)c1[C@@H](N)CCCO.Cl. The van der Waals surface area contributed by atoms with Crippen LogP contribution in [0.2, 0.25) is 0 Å². The number of halogens is 2. The van der Waals surface area contributed by atoms with E-state index < -0.39 is 6.04 Å². The van der Waals surface area contributed by atoms with Gasteiger partial charge in [0.1, 0.15) is 11.6 Å². The second kappa shape index (κ2) is 7.44. The zero-order valence-corrected chi connectivity index (χ0v) is 9.97. The van der Waals surface area contributed by atoms with Crippen molar-refractivity contribution in [2.24, 2.45) is 5.73 Å². The maximum absolute atomic E-state index is 13.5. The van der Waals surface area contributed by atoms with Crippen LogP contribution in [0.3, 0.4) is 0 Å². The molecule has 16 heavy (non-hydrogen) atoms. The normalized spacial score (nSPS) is 11.8. The van der Waals surface area contributed by atoms with E-state index in [0.717, 1.165) is 0 Å². The van der Waals surface area contributed by atoms with Crippen LogP contribution < -0.4 is 10.5 Å². The Morgan fingerprint density at radius 3 is 2.75 bits per heavy atom. The van der Waals surface area contributed by atoms with Crippen LogP contribution in [-0.4, -0.2) is 18.8 Å². The molecule has 0 amide bonds. The van der Waals surface area contributed by atoms with E-state index in [-0.39, 0.29) is 24.8 Å². The van der Waals surface area contributed by atoms with Gasteiger partial charge in [0.25, 0.3) is 0 Å². The highest BCUT2D eigenvalue weighted by molar-refractivity contribution is 5.85. The molecular weight excluding hydrogens is 233 g/mol. The van der Waals surface area contributed by atoms with Crippen LogP contribution in [0.25, 0.3) is 0 Å². The molecule has 0 fully saturated rings. The molecule has 0 heterocycles. The van der Waals surface area contributed by atoms with Crippen molar-refractivity contribution in [1.82, 2.24) is 0 Å².